The summed E-state index contributed by atoms with van der Waals surface area (Å²) in [7, 11) is 1.52. The first-order chi connectivity index (χ1) is 22.8. The number of benzene rings is 4. The van der Waals surface area contributed by atoms with E-state index < -0.39 is 41.9 Å². The fraction of sp³-hybridized carbons (Fsp3) is 0.286. The zero-order chi connectivity index (χ0) is 34.6. The van der Waals surface area contributed by atoms with Crippen LogP contribution in [0.4, 0.5) is 39.8 Å². The van der Waals surface area contributed by atoms with Crippen molar-refractivity contribution < 1.29 is 37.4 Å². The number of carbonyl (C=O) groups is 3. The maximum atomic E-state index is 13.8. The van der Waals surface area contributed by atoms with E-state index in [1.807, 2.05) is 43.3 Å². The van der Waals surface area contributed by atoms with Crippen molar-refractivity contribution in [3.8, 4) is 5.75 Å². The molecule has 0 radical (unpaired) electrons. The normalized spacial score (nSPS) is 17.0. The molecule has 0 bridgehead atoms. The number of halogens is 3. The van der Waals surface area contributed by atoms with Crippen LogP contribution in [0, 0.1) is 5.92 Å². The smallest absolute Gasteiger partial charge is 0.416 e. The molecule has 1 aliphatic heterocycles. The van der Waals surface area contributed by atoms with Crippen LogP contribution in [0.25, 0.3) is 10.8 Å². The Morgan fingerprint density at radius 2 is 1.67 bits per heavy atom. The lowest BCUT2D eigenvalue weighted by molar-refractivity contribution is -0.137. The number of likely N-dealkylation sites (N-methyl/N-ethyl adjacent to an activating group) is 1. The number of carbonyl (C=O) groups excluding carboxylic acids is 3. The van der Waals surface area contributed by atoms with Gasteiger partial charge in [0.15, 0.2) is 0 Å². The molecule has 4 aromatic rings. The van der Waals surface area contributed by atoms with Gasteiger partial charge in [-0.3, -0.25) is 4.79 Å². The lowest BCUT2D eigenvalue weighted by atomic mass is 9.99. The SMILES string of the molecule is C[C@@H]1CN([C@H](C)CO)C(=O)c2cc(NC(=O)Nc3cccc4ccccc34)ccc2O[C@@H]1CN(C)C(=O)Nc1ccc(C(F)(F)F)cc1. The summed E-state index contributed by atoms with van der Waals surface area (Å²) in [5, 5.41) is 20.0. The van der Waals surface area contributed by atoms with E-state index in [1.54, 1.807) is 25.1 Å². The first-order valence-corrected chi connectivity index (χ1v) is 15.3. The minimum atomic E-state index is -4.50. The third-order valence-corrected chi connectivity index (χ3v) is 8.22. The highest BCUT2D eigenvalue weighted by Gasteiger charge is 2.34. The van der Waals surface area contributed by atoms with Gasteiger partial charge in [-0.25, -0.2) is 9.59 Å². The predicted molar refractivity (Wildman–Crippen MR) is 177 cm³/mol. The van der Waals surface area contributed by atoms with Gasteiger partial charge in [0.1, 0.15) is 11.9 Å². The molecule has 3 atom stereocenters. The number of anilines is 3. The average molecular weight is 664 g/mol. The fourth-order valence-electron chi connectivity index (χ4n) is 5.45. The maximum Gasteiger partial charge on any atom is 0.416 e. The Kier molecular flexibility index (Phi) is 10.1. The summed E-state index contributed by atoms with van der Waals surface area (Å²) in [4.78, 5) is 42.7. The Balaban J connectivity index is 1.34. The van der Waals surface area contributed by atoms with Crippen molar-refractivity contribution in [2.24, 2.45) is 5.92 Å². The van der Waals surface area contributed by atoms with Crippen molar-refractivity contribution in [3.05, 3.63) is 96.1 Å². The van der Waals surface area contributed by atoms with E-state index in [-0.39, 0.29) is 42.6 Å². The molecule has 5 rings (SSSR count). The first kappa shape index (κ1) is 34.0. The number of urea groups is 2. The van der Waals surface area contributed by atoms with Crippen LogP contribution in [-0.4, -0.2) is 71.8 Å². The minimum absolute atomic E-state index is 0.0655. The van der Waals surface area contributed by atoms with Gasteiger partial charge in [-0.1, -0.05) is 43.3 Å². The van der Waals surface area contributed by atoms with Crippen molar-refractivity contribution in [1.82, 2.24) is 9.80 Å². The molecule has 4 N–H and O–H groups in total. The number of rotatable bonds is 7. The average Bonchev–Trinajstić information content (AvgIpc) is 3.06. The number of nitrogens with one attached hydrogen (secondary N) is 3. The number of hydrogen-bond acceptors (Lipinski definition) is 5. The van der Waals surface area contributed by atoms with E-state index in [4.69, 9.17) is 4.74 Å². The number of alkyl halides is 3. The van der Waals surface area contributed by atoms with Gasteiger partial charge in [-0.2, -0.15) is 13.2 Å². The van der Waals surface area contributed by atoms with Gasteiger partial charge in [0.25, 0.3) is 5.91 Å². The Bertz CT molecular complexity index is 1790. The van der Waals surface area contributed by atoms with Crippen molar-refractivity contribution in [2.75, 3.05) is 42.7 Å². The van der Waals surface area contributed by atoms with Crippen molar-refractivity contribution in [2.45, 2.75) is 32.2 Å². The molecule has 0 aromatic heterocycles. The molecule has 13 heteroatoms. The molecule has 252 valence electrons. The largest absolute Gasteiger partial charge is 0.487 e. The molecule has 0 spiro atoms. The molecule has 4 aromatic carbocycles. The highest BCUT2D eigenvalue weighted by Crippen LogP contribution is 2.32. The monoisotopic (exact) mass is 663 g/mol. The molecule has 48 heavy (non-hydrogen) atoms. The number of ether oxygens (including phenoxy) is 1. The van der Waals surface area contributed by atoms with Crippen LogP contribution < -0.4 is 20.7 Å². The summed E-state index contributed by atoms with van der Waals surface area (Å²) in [6, 6.07) is 20.4. The second-order valence-corrected chi connectivity index (χ2v) is 11.8. The zero-order valence-electron chi connectivity index (χ0n) is 26.5. The molecule has 1 heterocycles. The Morgan fingerprint density at radius 1 is 0.979 bits per heavy atom. The zero-order valence-corrected chi connectivity index (χ0v) is 26.5. The van der Waals surface area contributed by atoms with E-state index in [1.165, 1.54) is 35.0 Å². The third-order valence-electron chi connectivity index (χ3n) is 8.22. The molecule has 0 saturated heterocycles. The molecular formula is C35H36F3N5O5. The molecule has 10 nitrogen and oxygen atoms in total. The van der Waals surface area contributed by atoms with E-state index in [0.717, 1.165) is 22.9 Å². The highest BCUT2D eigenvalue weighted by atomic mass is 19.4. The topological polar surface area (TPSA) is 123 Å². The second kappa shape index (κ2) is 14.2. The van der Waals surface area contributed by atoms with Crippen molar-refractivity contribution in [1.29, 1.82) is 0 Å². The van der Waals surface area contributed by atoms with E-state index in [2.05, 4.69) is 16.0 Å². The van der Waals surface area contributed by atoms with Crippen molar-refractivity contribution in [3.63, 3.8) is 0 Å². The van der Waals surface area contributed by atoms with Crippen LogP contribution in [0.15, 0.2) is 84.9 Å². The lowest BCUT2D eigenvalue weighted by Crippen LogP contribution is -2.50. The number of fused-ring (bicyclic) bond motifs is 2. The Hall–Kier alpha value is -5.30. The molecule has 1 aliphatic rings. The Morgan fingerprint density at radius 3 is 2.38 bits per heavy atom. The van der Waals surface area contributed by atoms with E-state index in [0.29, 0.717) is 11.4 Å². The van der Waals surface area contributed by atoms with Crippen LogP contribution in [0.2, 0.25) is 0 Å². The van der Waals surface area contributed by atoms with Gasteiger partial charge >= 0.3 is 18.2 Å². The van der Waals surface area contributed by atoms with Gasteiger partial charge < -0.3 is 35.6 Å². The highest BCUT2D eigenvalue weighted by molar-refractivity contribution is 6.07. The number of aliphatic hydroxyl groups excluding tert-OH is 1. The molecular weight excluding hydrogens is 627 g/mol. The fourth-order valence-corrected chi connectivity index (χ4v) is 5.45. The number of hydrogen-bond donors (Lipinski definition) is 4. The Labute approximate surface area is 275 Å². The van der Waals surface area contributed by atoms with Crippen molar-refractivity contribution >= 4 is 45.8 Å². The molecule has 0 unspecified atom stereocenters. The van der Waals surface area contributed by atoms with E-state index >= 15 is 0 Å². The maximum absolute atomic E-state index is 13.8. The standard InChI is InChI=1S/C35H36F3N5O5/c1-21-18-43(22(2)20-44)32(45)28-17-26(39-33(46)41-29-10-6-8-23-7-4-5-9-27(23)29)15-16-30(28)48-31(21)19-42(3)34(47)40-25-13-11-24(12-14-25)35(36,37)38/h4-17,21-22,31,44H,18-20H2,1-3H3,(H,40,47)(H2,39,41,46)/t21-,22-,31-/m1/s1. The van der Waals surface area contributed by atoms with Gasteiger partial charge in [0.05, 0.1) is 36.0 Å². The van der Waals surface area contributed by atoms with Crippen LogP contribution in [-0.2, 0) is 6.18 Å². The summed E-state index contributed by atoms with van der Waals surface area (Å²) < 4.78 is 45.1. The second-order valence-electron chi connectivity index (χ2n) is 11.8. The van der Waals surface area contributed by atoms with Gasteiger partial charge in [0, 0.05) is 36.3 Å². The van der Waals surface area contributed by atoms with Crippen LogP contribution in [0.5, 0.6) is 5.75 Å². The number of amides is 5. The summed E-state index contributed by atoms with van der Waals surface area (Å²) in [6.45, 7) is 3.54. The summed E-state index contributed by atoms with van der Waals surface area (Å²) >= 11 is 0. The lowest BCUT2D eigenvalue weighted by Gasteiger charge is -2.38. The minimum Gasteiger partial charge on any atom is -0.487 e. The first-order valence-electron chi connectivity index (χ1n) is 15.3. The van der Waals surface area contributed by atoms with Gasteiger partial charge in [0.2, 0.25) is 0 Å². The van der Waals surface area contributed by atoms with E-state index in [9.17, 15) is 32.7 Å². The molecule has 0 saturated carbocycles. The summed E-state index contributed by atoms with van der Waals surface area (Å²) in [5.74, 6) is -0.478. The quantitative estimate of drug-likeness (QED) is 0.172. The van der Waals surface area contributed by atoms with Crippen LogP contribution >= 0.6 is 0 Å². The number of nitrogens with zero attached hydrogens (tertiary/aromatic N) is 2. The molecule has 0 fully saturated rings. The molecule has 0 aliphatic carbocycles. The van der Waals surface area contributed by atoms with Gasteiger partial charge in [-0.15, -0.1) is 0 Å². The molecule has 5 amide bonds. The van der Waals surface area contributed by atoms with Crippen LogP contribution in [0.3, 0.4) is 0 Å². The van der Waals surface area contributed by atoms with Gasteiger partial charge in [-0.05, 0) is 60.8 Å². The summed E-state index contributed by atoms with van der Waals surface area (Å²) in [5.41, 5.74) is 0.465. The summed E-state index contributed by atoms with van der Waals surface area (Å²) in [6.07, 6.45) is -5.12. The predicted octanol–water partition coefficient (Wildman–Crippen LogP) is 6.89. The number of aliphatic hydroxyl groups is 1. The third kappa shape index (κ3) is 7.80. The van der Waals surface area contributed by atoms with Crippen LogP contribution in [0.1, 0.15) is 29.8 Å².